The fourth-order valence-electron chi connectivity index (χ4n) is 3.16. The first-order valence-electron chi connectivity index (χ1n) is 8.45. The lowest BCUT2D eigenvalue weighted by Gasteiger charge is -2.37. The van der Waals surface area contributed by atoms with Gasteiger partial charge in [-0.2, -0.15) is 0 Å². The number of anilines is 1. The minimum atomic E-state index is -0.515. The molecule has 2 rings (SSSR count). The summed E-state index contributed by atoms with van der Waals surface area (Å²) in [4.78, 5) is 24.5. The van der Waals surface area contributed by atoms with Crippen molar-refractivity contribution in [3.05, 3.63) is 18.2 Å². The van der Waals surface area contributed by atoms with Crippen LogP contribution in [-0.4, -0.2) is 38.1 Å². The zero-order valence-corrected chi connectivity index (χ0v) is 15.1. The van der Waals surface area contributed by atoms with Crippen LogP contribution < -0.4 is 25.8 Å². The molecule has 1 fully saturated rings. The van der Waals surface area contributed by atoms with E-state index in [1.165, 1.54) is 14.2 Å². The molecule has 7 nitrogen and oxygen atoms in total. The van der Waals surface area contributed by atoms with Gasteiger partial charge in [-0.3, -0.25) is 9.59 Å². The van der Waals surface area contributed by atoms with Gasteiger partial charge in [-0.25, -0.2) is 0 Å². The summed E-state index contributed by atoms with van der Waals surface area (Å²) < 4.78 is 10.3. The molecule has 0 aliphatic heterocycles. The largest absolute Gasteiger partial charge is 0.497 e. The second kappa shape index (κ2) is 8.20. The smallest absolute Gasteiger partial charge is 0.243 e. The molecular weight excluding hydrogens is 322 g/mol. The Morgan fingerprint density at radius 1 is 1.20 bits per heavy atom. The predicted molar refractivity (Wildman–Crippen MR) is 95.7 cm³/mol. The molecule has 1 aliphatic rings. The van der Waals surface area contributed by atoms with Gasteiger partial charge in [0.1, 0.15) is 11.5 Å². The zero-order chi connectivity index (χ0) is 18.4. The van der Waals surface area contributed by atoms with E-state index in [9.17, 15) is 9.59 Å². The van der Waals surface area contributed by atoms with Crippen LogP contribution in [0.2, 0.25) is 0 Å². The molecule has 1 aromatic carbocycles. The van der Waals surface area contributed by atoms with E-state index in [0.717, 1.165) is 25.7 Å². The zero-order valence-electron chi connectivity index (χ0n) is 15.1. The molecule has 0 aromatic heterocycles. The molecule has 1 aliphatic carbocycles. The fourth-order valence-corrected chi connectivity index (χ4v) is 3.16. The van der Waals surface area contributed by atoms with Crippen LogP contribution in [0, 0.1) is 5.92 Å². The van der Waals surface area contributed by atoms with Crippen LogP contribution in [0.5, 0.6) is 11.5 Å². The normalized spacial score (nSPS) is 22.8. The van der Waals surface area contributed by atoms with Gasteiger partial charge >= 0.3 is 0 Å². The molecular formula is C18H27N3O4. The minimum absolute atomic E-state index is 0.106. The first kappa shape index (κ1) is 19.1. The molecule has 2 unspecified atom stereocenters. The van der Waals surface area contributed by atoms with Crippen LogP contribution in [0.15, 0.2) is 18.2 Å². The van der Waals surface area contributed by atoms with E-state index in [0.29, 0.717) is 17.2 Å². The Hall–Kier alpha value is -2.28. The van der Waals surface area contributed by atoms with Gasteiger partial charge in [0.15, 0.2) is 0 Å². The molecule has 138 valence electrons. The van der Waals surface area contributed by atoms with Gasteiger partial charge in [-0.15, -0.1) is 0 Å². The molecule has 0 heterocycles. The Bertz CT molecular complexity index is 608. The number of amides is 2. The summed E-state index contributed by atoms with van der Waals surface area (Å²) in [7, 11) is 3.07. The third kappa shape index (κ3) is 5.09. The second-order valence-corrected chi connectivity index (χ2v) is 6.67. The predicted octanol–water partition coefficient (Wildman–Crippen LogP) is 1.67. The third-order valence-electron chi connectivity index (χ3n) is 4.63. The van der Waals surface area contributed by atoms with Crippen molar-refractivity contribution in [3.8, 4) is 11.5 Å². The van der Waals surface area contributed by atoms with E-state index in [2.05, 4.69) is 10.6 Å². The number of rotatable bonds is 6. The Balaban J connectivity index is 1.91. The number of methoxy groups -OCH3 is 2. The van der Waals surface area contributed by atoms with Crippen LogP contribution in [0.25, 0.3) is 0 Å². The highest BCUT2D eigenvalue weighted by Gasteiger charge is 2.37. The van der Waals surface area contributed by atoms with Crippen molar-refractivity contribution < 1.29 is 19.1 Å². The maximum atomic E-state index is 12.4. The second-order valence-electron chi connectivity index (χ2n) is 6.67. The quantitative estimate of drug-likeness (QED) is 0.725. The average molecular weight is 349 g/mol. The van der Waals surface area contributed by atoms with E-state index in [4.69, 9.17) is 15.2 Å². The number of hydrogen-bond donors (Lipinski definition) is 3. The maximum absolute atomic E-state index is 12.4. The van der Waals surface area contributed by atoms with Gasteiger partial charge in [0.05, 0.1) is 26.7 Å². The van der Waals surface area contributed by atoms with E-state index in [-0.39, 0.29) is 24.3 Å². The highest BCUT2D eigenvalue weighted by molar-refractivity contribution is 5.95. The summed E-state index contributed by atoms with van der Waals surface area (Å²) >= 11 is 0. The van der Waals surface area contributed by atoms with Crippen LogP contribution in [-0.2, 0) is 9.59 Å². The monoisotopic (exact) mass is 349 g/mol. The topological polar surface area (TPSA) is 103 Å². The first-order valence-corrected chi connectivity index (χ1v) is 8.45. The van der Waals surface area contributed by atoms with Crippen molar-refractivity contribution in [1.29, 1.82) is 0 Å². The van der Waals surface area contributed by atoms with Gasteiger partial charge in [-0.1, -0.05) is 12.8 Å². The van der Waals surface area contributed by atoms with Gasteiger partial charge in [-0.05, 0) is 19.8 Å². The van der Waals surface area contributed by atoms with Crippen molar-refractivity contribution >= 4 is 17.5 Å². The molecule has 0 radical (unpaired) electrons. The van der Waals surface area contributed by atoms with Gasteiger partial charge in [0, 0.05) is 29.4 Å². The number of hydrogen-bond acceptors (Lipinski definition) is 5. The number of carbonyl (C=O) groups excluding carboxylic acids is 2. The van der Waals surface area contributed by atoms with E-state index >= 15 is 0 Å². The molecule has 2 amide bonds. The summed E-state index contributed by atoms with van der Waals surface area (Å²) in [5.41, 5.74) is 6.25. The fraction of sp³-hybridized carbons (Fsp3) is 0.556. The van der Waals surface area contributed by atoms with Crippen LogP contribution >= 0.6 is 0 Å². The summed E-state index contributed by atoms with van der Waals surface area (Å²) in [5, 5.41) is 5.42. The number of benzene rings is 1. The van der Waals surface area contributed by atoms with Gasteiger partial charge in [0.2, 0.25) is 11.8 Å². The van der Waals surface area contributed by atoms with Crippen LogP contribution in [0.4, 0.5) is 5.69 Å². The number of nitrogens with two attached hydrogens (primary N) is 1. The van der Waals surface area contributed by atoms with Gasteiger partial charge < -0.3 is 25.8 Å². The lowest BCUT2D eigenvalue weighted by molar-refractivity contribution is -0.130. The summed E-state index contributed by atoms with van der Waals surface area (Å²) in [6.07, 6.45) is 3.60. The Labute approximate surface area is 148 Å². The van der Waals surface area contributed by atoms with Crippen molar-refractivity contribution in [1.82, 2.24) is 5.32 Å². The standard InChI is InChI=1S/C18H27N3O4/c1-18(19)7-5-4-6-15(18)17(23)20-11-16(22)21-12-8-13(24-2)10-14(9-12)25-3/h8-10,15H,4-7,11,19H2,1-3H3,(H,20,23)(H,21,22). The molecule has 4 N–H and O–H groups in total. The minimum Gasteiger partial charge on any atom is -0.497 e. The number of carbonyl (C=O) groups is 2. The number of ether oxygens (including phenoxy) is 2. The van der Waals surface area contributed by atoms with E-state index in [1.54, 1.807) is 18.2 Å². The SMILES string of the molecule is COc1cc(NC(=O)CNC(=O)C2CCCCC2(C)N)cc(OC)c1. The number of nitrogens with one attached hydrogen (secondary N) is 2. The van der Waals surface area contributed by atoms with Crippen molar-refractivity contribution in [3.63, 3.8) is 0 Å². The summed E-state index contributed by atoms with van der Waals surface area (Å²) in [5.74, 6) is 0.395. The Kier molecular flexibility index (Phi) is 6.25. The van der Waals surface area contributed by atoms with E-state index < -0.39 is 5.54 Å². The van der Waals surface area contributed by atoms with Crippen molar-refractivity contribution in [2.45, 2.75) is 38.1 Å². The molecule has 0 spiro atoms. The average Bonchev–Trinajstić information content (AvgIpc) is 2.58. The molecule has 1 aromatic rings. The molecule has 7 heteroatoms. The van der Waals surface area contributed by atoms with Crippen LogP contribution in [0.1, 0.15) is 32.6 Å². The Morgan fingerprint density at radius 2 is 1.84 bits per heavy atom. The van der Waals surface area contributed by atoms with Crippen LogP contribution in [0.3, 0.4) is 0 Å². The first-order chi connectivity index (χ1) is 11.9. The highest BCUT2D eigenvalue weighted by Crippen LogP contribution is 2.31. The third-order valence-corrected chi connectivity index (χ3v) is 4.63. The van der Waals surface area contributed by atoms with Crippen molar-refractivity contribution in [2.24, 2.45) is 11.7 Å². The lowest BCUT2D eigenvalue weighted by atomic mass is 9.74. The lowest BCUT2D eigenvalue weighted by Crippen LogP contribution is -2.53. The summed E-state index contributed by atoms with van der Waals surface area (Å²) in [6, 6.07) is 5.07. The molecule has 1 saturated carbocycles. The molecule has 0 saturated heterocycles. The van der Waals surface area contributed by atoms with Crippen molar-refractivity contribution in [2.75, 3.05) is 26.1 Å². The van der Waals surface area contributed by atoms with Gasteiger partial charge in [0.25, 0.3) is 0 Å². The maximum Gasteiger partial charge on any atom is 0.243 e. The van der Waals surface area contributed by atoms with E-state index in [1.807, 2.05) is 6.92 Å². The molecule has 0 bridgehead atoms. The highest BCUT2D eigenvalue weighted by atomic mass is 16.5. The molecule has 25 heavy (non-hydrogen) atoms. The Morgan fingerprint density at radius 3 is 2.40 bits per heavy atom. The molecule has 2 atom stereocenters. The summed E-state index contributed by atoms with van der Waals surface area (Å²) in [6.45, 7) is 1.80.